The molecule has 92 valence electrons. The normalized spacial score (nSPS) is 16.8. The molecule has 0 spiro atoms. The Morgan fingerprint density at radius 1 is 1.40 bits per heavy atom. The first-order chi connectivity index (χ1) is 6.90. The zero-order chi connectivity index (χ0) is 12.1. The van der Waals surface area contributed by atoms with Crippen LogP contribution in [0, 0.1) is 5.92 Å². The molecule has 0 bridgehead atoms. The van der Waals surface area contributed by atoms with Gasteiger partial charge in [-0.05, 0) is 33.2 Å². The van der Waals surface area contributed by atoms with Crippen LogP contribution < -0.4 is 5.73 Å². The number of rotatable bonds is 7. The number of hydrogen-bond acceptors (Lipinski definition) is 3. The van der Waals surface area contributed by atoms with Gasteiger partial charge in [-0.15, -0.1) is 0 Å². The number of ether oxygens (including phenoxy) is 1. The average molecular weight is 216 g/mol. The number of likely N-dealkylation sites (N-methyl/N-ethyl adjacent to an activating group) is 1. The second-order valence-electron chi connectivity index (χ2n) is 5.01. The molecule has 0 saturated heterocycles. The Hall–Kier alpha value is -0.120. The van der Waals surface area contributed by atoms with E-state index in [1.165, 1.54) is 0 Å². The fourth-order valence-electron chi connectivity index (χ4n) is 1.84. The highest BCUT2D eigenvalue weighted by Crippen LogP contribution is 2.22. The molecule has 0 heterocycles. The number of hydrogen-bond donors (Lipinski definition) is 1. The predicted octanol–water partition coefficient (Wildman–Crippen LogP) is 1.72. The number of methoxy groups -OCH3 is 1. The van der Waals surface area contributed by atoms with Crippen molar-refractivity contribution in [2.45, 2.75) is 45.7 Å². The minimum absolute atomic E-state index is 0.200. The quantitative estimate of drug-likeness (QED) is 0.704. The summed E-state index contributed by atoms with van der Waals surface area (Å²) >= 11 is 0. The first kappa shape index (κ1) is 14.9. The molecular weight excluding hydrogens is 188 g/mol. The van der Waals surface area contributed by atoms with E-state index in [0.29, 0.717) is 18.5 Å². The molecule has 0 amide bonds. The molecule has 0 aromatic carbocycles. The Morgan fingerprint density at radius 2 is 1.93 bits per heavy atom. The van der Waals surface area contributed by atoms with Crippen molar-refractivity contribution in [2.75, 3.05) is 27.3 Å². The zero-order valence-corrected chi connectivity index (χ0v) is 11.2. The van der Waals surface area contributed by atoms with E-state index in [4.69, 9.17) is 10.5 Å². The molecule has 0 aromatic heterocycles. The van der Waals surface area contributed by atoms with Gasteiger partial charge in [0.1, 0.15) is 0 Å². The smallest absolute Gasteiger partial charge is 0.0503 e. The fourth-order valence-corrected chi connectivity index (χ4v) is 1.84. The van der Waals surface area contributed by atoms with Gasteiger partial charge in [-0.25, -0.2) is 0 Å². The summed E-state index contributed by atoms with van der Waals surface area (Å²) in [5.41, 5.74) is 6.06. The summed E-state index contributed by atoms with van der Waals surface area (Å²) in [5, 5.41) is 0. The second kappa shape index (κ2) is 6.46. The van der Waals surface area contributed by atoms with Crippen LogP contribution in [0.4, 0.5) is 0 Å². The average Bonchev–Trinajstić information content (AvgIpc) is 2.19. The van der Waals surface area contributed by atoms with E-state index in [1.807, 2.05) is 0 Å². The van der Waals surface area contributed by atoms with Crippen molar-refractivity contribution < 1.29 is 4.74 Å². The molecule has 15 heavy (non-hydrogen) atoms. The summed E-state index contributed by atoms with van der Waals surface area (Å²) in [4.78, 5) is 2.39. The summed E-state index contributed by atoms with van der Waals surface area (Å²) in [6.45, 7) is 10.4. The highest BCUT2D eigenvalue weighted by atomic mass is 16.5. The maximum Gasteiger partial charge on any atom is 0.0503 e. The van der Waals surface area contributed by atoms with E-state index in [0.717, 1.165) is 13.0 Å². The van der Waals surface area contributed by atoms with E-state index in [2.05, 4.69) is 39.6 Å². The molecule has 3 nitrogen and oxygen atoms in total. The Bertz CT molecular complexity index is 171. The predicted molar refractivity (Wildman–Crippen MR) is 66.0 cm³/mol. The van der Waals surface area contributed by atoms with Crippen molar-refractivity contribution in [3.05, 3.63) is 0 Å². The lowest BCUT2D eigenvalue weighted by Gasteiger charge is -2.42. The zero-order valence-electron chi connectivity index (χ0n) is 11.2. The molecule has 0 radical (unpaired) electrons. The van der Waals surface area contributed by atoms with Crippen LogP contribution in [-0.4, -0.2) is 43.8 Å². The third-order valence-electron chi connectivity index (χ3n) is 3.65. The summed E-state index contributed by atoms with van der Waals surface area (Å²) in [6.07, 6.45) is 1.12. The monoisotopic (exact) mass is 216 g/mol. The third kappa shape index (κ3) is 4.09. The molecule has 0 aliphatic carbocycles. The van der Waals surface area contributed by atoms with E-state index >= 15 is 0 Å². The number of nitrogens with zero attached hydrogens (tertiary/aromatic N) is 1. The lowest BCUT2D eigenvalue weighted by molar-refractivity contribution is 0.0407. The largest absolute Gasteiger partial charge is 0.384 e. The van der Waals surface area contributed by atoms with Crippen LogP contribution in [0.2, 0.25) is 0 Å². The SMILES string of the molecule is CCC(C)(C)N(C)C(CN)C(C)COC. The van der Waals surface area contributed by atoms with Crippen LogP contribution >= 0.6 is 0 Å². The number of nitrogens with two attached hydrogens (primary N) is 1. The van der Waals surface area contributed by atoms with E-state index in [9.17, 15) is 0 Å². The van der Waals surface area contributed by atoms with Crippen molar-refractivity contribution in [1.29, 1.82) is 0 Å². The van der Waals surface area contributed by atoms with Gasteiger partial charge in [-0.3, -0.25) is 4.90 Å². The third-order valence-corrected chi connectivity index (χ3v) is 3.65. The minimum Gasteiger partial charge on any atom is -0.384 e. The maximum absolute atomic E-state index is 5.86. The van der Waals surface area contributed by atoms with Gasteiger partial charge in [0, 0.05) is 25.2 Å². The first-order valence-electron chi connectivity index (χ1n) is 5.82. The summed E-state index contributed by atoms with van der Waals surface area (Å²) in [7, 11) is 3.90. The topological polar surface area (TPSA) is 38.5 Å². The van der Waals surface area contributed by atoms with Crippen molar-refractivity contribution in [2.24, 2.45) is 11.7 Å². The van der Waals surface area contributed by atoms with Gasteiger partial charge < -0.3 is 10.5 Å². The van der Waals surface area contributed by atoms with Crippen LogP contribution in [0.15, 0.2) is 0 Å². The lowest BCUT2D eigenvalue weighted by atomic mass is 9.93. The summed E-state index contributed by atoms with van der Waals surface area (Å²) < 4.78 is 5.20. The molecule has 0 fully saturated rings. The molecule has 0 aliphatic rings. The molecule has 0 aliphatic heterocycles. The van der Waals surface area contributed by atoms with Gasteiger partial charge in [0.2, 0.25) is 0 Å². The Morgan fingerprint density at radius 3 is 2.27 bits per heavy atom. The van der Waals surface area contributed by atoms with Gasteiger partial charge in [0.25, 0.3) is 0 Å². The Balaban J connectivity index is 4.52. The Labute approximate surface area is 95.0 Å². The highest BCUT2D eigenvalue weighted by molar-refractivity contribution is 4.86. The molecule has 2 N–H and O–H groups in total. The van der Waals surface area contributed by atoms with Crippen molar-refractivity contribution in [1.82, 2.24) is 4.90 Å². The van der Waals surface area contributed by atoms with Gasteiger partial charge in [0.05, 0.1) is 6.61 Å². The van der Waals surface area contributed by atoms with Crippen LogP contribution in [0.25, 0.3) is 0 Å². The molecule has 0 saturated carbocycles. The van der Waals surface area contributed by atoms with Crippen molar-refractivity contribution in [3.8, 4) is 0 Å². The second-order valence-corrected chi connectivity index (χ2v) is 5.01. The summed E-state index contributed by atoms with van der Waals surface area (Å²) in [6, 6.07) is 0.389. The standard InChI is InChI=1S/C12H28N2O/c1-7-12(3,4)14(5)11(8-13)10(2)9-15-6/h10-11H,7-9,13H2,1-6H3. The molecular formula is C12H28N2O. The molecule has 0 rings (SSSR count). The first-order valence-corrected chi connectivity index (χ1v) is 5.82. The molecule has 2 unspecified atom stereocenters. The fraction of sp³-hybridized carbons (Fsp3) is 1.00. The Kier molecular flexibility index (Phi) is 6.41. The summed E-state index contributed by atoms with van der Waals surface area (Å²) in [5.74, 6) is 0.468. The van der Waals surface area contributed by atoms with Crippen LogP contribution in [-0.2, 0) is 4.74 Å². The lowest BCUT2D eigenvalue weighted by Crippen LogP contribution is -2.53. The maximum atomic E-state index is 5.86. The van der Waals surface area contributed by atoms with Crippen molar-refractivity contribution >= 4 is 0 Å². The van der Waals surface area contributed by atoms with Gasteiger partial charge >= 0.3 is 0 Å². The van der Waals surface area contributed by atoms with E-state index in [1.54, 1.807) is 7.11 Å². The minimum atomic E-state index is 0.200. The van der Waals surface area contributed by atoms with Crippen molar-refractivity contribution in [3.63, 3.8) is 0 Å². The van der Waals surface area contributed by atoms with Gasteiger partial charge in [0.15, 0.2) is 0 Å². The molecule has 0 aromatic rings. The van der Waals surface area contributed by atoms with Crippen LogP contribution in [0.3, 0.4) is 0 Å². The van der Waals surface area contributed by atoms with Gasteiger partial charge in [-0.2, -0.15) is 0 Å². The van der Waals surface area contributed by atoms with E-state index < -0.39 is 0 Å². The van der Waals surface area contributed by atoms with Crippen LogP contribution in [0.1, 0.15) is 34.1 Å². The molecule has 2 atom stereocenters. The van der Waals surface area contributed by atoms with E-state index in [-0.39, 0.29) is 5.54 Å². The highest BCUT2D eigenvalue weighted by Gasteiger charge is 2.30. The van der Waals surface area contributed by atoms with Gasteiger partial charge in [-0.1, -0.05) is 13.8 Å². The molecule has 3 heteroatoms. The van der Waals surface area contributed by atoms with Crippen LogP contribution in [0.5, 0.6) is 0 Å².